The van der Waals surface area contributed by atoms with Gasteiger partial charge in [0, 0.05) is 35.6 Å². The molecule has 1 aliphatic heterocycles. The summed E-state index contributed by atoms with van der Waals surface area (Å²) in [5, 5.41) is 8.91. The average Bonchev–Trinajstić information content (AvgIpc) is 3.35. The number of halogens is 1. The van der Waals surface area contributed by atoms with Crippen LogP contribution < -0.4 is 0 Å². The van der Waals surface area contributed by atoms with Crippen LogP contribution in [0, 0.1) is 19.7 Å². The van der Waals surface area contributed by atoms with E-state index in [9.17, 15) is 17.6 Å². The Kier molecular flexibility index (Phi) is 5.78. The van der Waals surface area contributed by atoms with Crippen LogP contribution in [-0.2, 0) is 16.9 Å². The van der Waals surface area contributed by atoms with E-state index in [-0.39, 0.29) is 34.9 Å². The van der Waals surface area contributed by atoms with E-state index in [1.807, 2.05) is 24.5 Å². The van der Waals surface area contributed by atoms with Gasteiger partial charge >= 0.3 is 0 Å². The van der Waals surface area contributed by atoms with E-state index in [4.69, 9.17) is 0 Å². The van der Waals surface area contributed by atoms with Gasteiger partial charge in [0.15, 0.2) is 26.6 Å². The van der Waals surface area contributed by atoms with Crippen LogP contribution in [0.5, 0.6) is 0 Å². The minimum Gasteiger partial charge on any atom is -0.344 e. The van der Waals surface area contributed by atoms with E-state index in [0.717, 1.165) is 17.0 Å². The summed E-state index contributed by atoms with van der Waals surface area (Å²) in [5.41, 5.74) is 3.04. The summed E-state index contributed by atoms with van der Waals surface area (Å²) in [6.07, 6.45) is 0.576. The molecular weight excluding hydrogens is 439 g/mol. The summed E-state index contributed by atoms with van der Waals surface area (Å²) in [4.78, 5) is 12.9. The molecule has 0 bridgehead atoms. The zero-order valence-electron chi connectivity index (χ0n) is 17.5. The first-order valence-electron chi connectivity index (χ1n) is 9.86. The van der Waals surface area contributed by atoms with Gasteiger partial charge in [0.25, 0.3) is 0 Å². The number of hydrogen-bond acceptors (Lipinski definition) is 6. The molecule has 0 saturated carbocycles. The molecule has 4 rings (SSSR count). The van der Waals surface area contributed by atoms with Crippen molar-refractivity contribution in [3.05, 3.63) is 53.1 Å². The van der Waals surface area contributed by atoms with Crippen LogP contribution in [0.25, 0.3) is 11.4 Å². The number of thioether (sulfide) groups is 1. The van der Waals surface area contributed by atoms with E-state index in [2.05, 4.69) is 10.2 Å². The second kappa shape index (κ2) is 8.23. The number of sulfone groups is 1. The van der Waals surface area contributed by atoms with Crippen molar-refractivity contribution < 1.29 is 17.6 Å². The lowest BCUT2D eigenvalue weighted by Gasteiger charge is -2.16. The molecule has 2 aromatic heterocycles. The smallest absolute Gasteiger partial charge is 0.191 e. The zero-order valence-corrected chi connectivity index (χ0v) is 19.1. The Morgan fingerprint density at radius 1 is 1.23 bits per heavy atom. The van der Waals surface area contributed by atoms with E-state index >= 15 is 0 Å². The molecule has 0 spiro atoms. The summed E-state index contributed by atoms with van der Waals surface area (Å²) in [6, 6.07) is 7.73. The molecular formula is C21H23FN4O3S2. The quantitative estimate of drug-likeness (QED) is 0.412. The van der Waals surface area contributed by atoms with Gasteiger partial charge in [-0.15, -0.1) is 10.2 Å². The van der Waals surface area contributed by atoms with Gasteiger partial charge in [-0.25, -0.2) is 12.8 Å². The third-order valence-corrected chi connectivity index (χ3v) is 8.40. The van der Waals surface area contributed by atoms with E-state index in [1.165, 1.54) is 23.9 Å². The molecule has 0 amide bonds. The molecule has 1 aliphatic rings. The first-order chi connectivity index (χ1) is 14.7. The molecule has 1 saturated heterocycles. The number of hydrogen-bond donors (Lipinski definition) is 0. The Morgan fingerprint density at radius 2 is 1.94 bits per heavy atom. The summed E-state index contributed by atoms with van der Waals surface area (Å²) >= 11 is 1.29. The molecule has 7 nitrogen and oxygen atoms in total. The lowest BCUT2D eigenvalue weighted by Crippen LogP contribution is -2.14. The van der Waals surface area contributed by atoms with Crippen molar-refractivity contribution >= 4 is 27.4 Å². The maximum absolute atomic E-state index is 13.2. The highest BCUT2D eigenvalue weighted by atomic mass is 32.2. The fourth-order valence-corrected chi connectivity index (χ4v) is 6.59. The molecule has 3 aromatic rings. The number of aromatic nitrogens is 4. The Morgan fingerprint density at radius 3 is 2.58 bits per heavy atom. The predicted octanol–water partition coefficient (Wildman–Crippen LogP) is 3.37. The molecule has 164 valence electrons. The molecule has 1 unspecified atom stereocenters. The highest BCUT2D eigenvalue weighted by Crippen LogP contribution is 2.30. The van der Waals surface area contributed by atoms with Crippen molar-refractivity contribution in [2.45, 2.75) is 31.5 Å². The Bertz CT molecular complexity index is 1250. The summed E-state index contributed by atoms with van der Waals surface area (Å²) < 4.78 is 40.7. The summed E-state index contributed by atoms with van der Waals surface area (Å²) in [6.45, 7) is 3.77. The summed E-state index contributed by atoms with van der Waals surface area (Å²) in [5.74, 6) is 0.724. The molecule has 31 heavy (non-hydrogen) atoms. The Labute approximate surface area is 184 Å². The third-order valence-electron chi connectivity index (χ3n) is 5.63. The highest BCUT2D eigenvalue weighted by Gasteiger charge is 2.31. The maximum atomic E-state index is 13.2. The first-order valence-corrected chi connectivity index (χ1v) is 12.7. The molecule has 1 atom stereocenters. The van der Waals surface area contributed by atoms with Gasteiger partial charge in [0.1, 0.15) is 5.82 Å². The van der Waals surface area contributed by atoms with Gasteiger partial charge in [-0.1, -0.05) is 11.8 Å². The number of aryl methyl sites for hydroxylation is 1. The number of rotatable bonds is 6. The fraction of sp³-hybridized carbons (Fsp3) is 0.381. The van der Waals surface area contributed by atoms with Gasteiger partial charge in [0.05, 0.1) is 17.3 Å². The van der Waals surface area contributed by atoms with Crippen molar-refractivity contribution in [1.82, 2.24) is 19.3 Å². The van der Waals surface area contributed by atoms with Gasteiger partial charge in [-0.05, 0) is 50.6 Å². The molecule has 0 N–H and O–H groups in total. The molecule has 0 aliphatic carbocycles. The topological polar surface area (TPSA) is 86.8 Å². The number of carbonyl (C=O) groups excluding carboxylic acids is 1. The van der Waals surface area contributed by atoms with Crippen molar-refractivity contribution in [3.8, 4) is 11.4 Å². The van der Waals surface area contributed by atoms with Gasteiger partial charge in [0.2, 0.25) is 0 Å². The van der Waals surface area contributed by atoms with E-state index < -0.39 is 9.84 Å². The van der Waals surface area contributed by atoms with Crippen LogP contribution in [0.15, 0.2) is 35.5 Å². The highest BCUT2D eigenvalue weighted by molar-refractivity contribution is 7.99. The van der Waals surface area contributed by atoms with Crippen LogP contribution in [0.2, 0.25) is 0 Å². The lowest BCUT2D eigenvalue weighted by molar-refractivity contribution is 0.102. The largest absolute Gasteiger partial charge is 0.344 e. The van der Waals surface area contributed by atoms with Crippen molar-refractivity contribution in [2.75, 3.05) is 17.3 Å². The summed E-state index contributed by atoms with van der Waals surface area (Å²) in [7, 11) is -1.21. The van der Waals surface area contributed by atoms with Crippen molar-refractivity contribution in [2.24, 2.45) is 7.05 Å². The number of Topliss-reactive ketones (excluding diaryl/α,β-unsaturated/α-hetero) is 1. The first kappa shape index (κ1) is 21.8. The number of ketones is 1. The van der Waals surface area contributed by atoms with E-state index in [0.29, 0.717) is 23.0 Å². The average molecular weight is 463 g/mol. The van der Waals surface area contributed by atoms with Crippen molar-refractivity contribution in [1.29, 1.82) is 0 Å². The molecule has 10 heteroatoms. The Hall–Kier alpha value is -2.46. The molecule has 0 radical (unpaired) electrons. The predicted molar refractivity (Wildman–Crippen MR) is 118 cm³/mol. The van der Waals surface area contributed by atoms with Gasteiger partial charge < -0.3 is 9.13 Å². The lowest BCUT2D eigenvalue weighted by atomic mass is 10.2. The monoisotopic (exact) mass is 462 g/mol. The number of benzene rings is 1. The second-order valence-electron chi connectivity index (χ2n) is 7.80. The van der Waals surface area contributed by atoms with Crippen LogP contribution in [-0.4, -0.2) is 50.8 Å². The van der Waals surface area contributed by atoms with Crippen LogP contribution >= 0.6 is 11.8 Å². The molecule has 1 aromatic carbocycles. The van der Waals surface area contributed by atoms with Crippen molar-refractivity contribution in [3.63, 3.8) is 0 Å². The van der Waals surface area contributed by atoms with Gasteiger partial charge in [-0.2, -0.15) is 0 Å². The fourth-order valence-electron chi connectivity index (χ4n) is 4.10. The maximum Gasteiger partial charge on any atom is 0.191 e. The van der Waals surface area contributed by atoms with Crippen LogP contribution in [0.1, 0.15) is 34.2 Å². The zero-order chi connectivity index (χ0) is 22.3. The van der Waals surface area contributed by atoms with E-state index in [1.54, 1.807) is 23.7 Å². The van der Waals surface area contributed by atoms with Crippen LogP contribution in [0.3, 0.4) is 0 Å². The SMILES string of the molecule is Cc1cc(C(=O)CSc2nnc(-c3ccc(F)cc3)n2C)c(C)n1C1CCS(=O)(=O)C1. The minimum atomic E-state index is -3.01. The third kappa shape index (κ3) is 4.31. The Balaban J connectivity index is 1.49. The number of nitrogens with zero attached hydrogens (tertiary/aromatic N) is 4. The number of carbonyl (C=O) groups is 1. The molecule has 3 heterocycles. The standard InChI is InChI=1S/C21H23FN4O3S2/c1-13-10-18(14(2)26(13)17-8-9-31(28,29)12-17)19(27)11-30-21-24-23-20(25(21)3)15-4-6-16(22)7-5-15/h4-7,10,17H,8-9,11-12H2,1-3H3. The second-order valence-corrected chi connectivity index (χ2v) is 11.0. The molecule has 1 fully saturated rings. The van der Waals surface area contributed by atoms with Gasteiger partial charge in [-0.3, -0.25) is 4.79 Å². The minimum absolute atomic E-state index is 0.0449. The van der Waals surface area contributed by atoms with Crippen LogP contribution in [0.4, 0.5) is 4.39 Å². The normalized spacial score (nSPS) is 17.9.